The lowest BCUT2D eigenvalue weighted by Gasteiger charge is -2.06. The maximum Gasteiger partial charge on any atom is 0.237 e. The first-order chi connectivity index (χ1) is 9.79. The third kappa shape index (κ3) is 4.24. The number of rotatable bonds is 6. The molecule has 0 spiro atoms. The van der Waals surface area contributed by atoms with Gasteiger partial charge in [-0.15, -0.1) is 0 Å². The van der Waals surface area contributed by atoms with E-state index in [1.807, 2.05) is 49.4 Å². The fourth-order valence-electron chi connectivity index (χ4n) is 1.57. The molecule has 0 bridgehead atoms. The molecule has 0 amide bonds. The summed E-state index contributed by atoms with van der Waals surface area (Å²) in [5.41, 5.74) is 1.12. The summed E-state index contributed by atoms with van der Waals surface area (Å²) in [5.74, 6) is 0.897. The molecular formula is C15H16ClN3O. The van der Waals surface area contributed by atoms with Crippen LogP contribution < -0.4 is 10.1 Å². The number of anilines is 1. The Kier molecular flexibility index (Phi) is 5.38. The molecule has 0 saturated heterocycles. The van der Waals surface area contributed by atoms with Crippen LogP contribution in [0.25, 0.3) is 6.08 Å². The van der Waals surface area contributed by atoms with Gasteiger partial charge in [-0.1, -0.05) is 48.0 Å². The minimum absolute atomic E-state index is 0.385. The van der Waals surface area contributed by atoms with Crippen LogP contribution in [0.1, 0.15) is 12.5 Å². The van der Waals surface area contributed by atoms with Crippen LogP contribution >= 0.6 is 11.6 Å². The second kappa shape index (κ2) is 7.50. The van der Waals surface area contributed by atoms with Crippen LogP contribution in [0.15, 0.2) is 42.6 Å². The average Bonchev–Trinajstić information content (AvgIpc) is 2.48. The molecule has 0 radical (unpaired) electrons. The molecule has 1 aromatic carbocycles. The van der Waals surface area contributed by atoms with Crippen molar-refractivity contribution in [2.75, 3.05) is 18.5 Å². The zero-order chi connectivity index (χ0) is 14.2. The average molecular weight is 290 g/mol. The fourth-order valence-corrected chi connectivity index (χ4v) is 1.72. The van der Waals surface area contributed by atoms with Gasteiger partial charge in [0.2, 0.25) is 11.8 Å². The zero-order valence-electron chi connectivity index (χ0n) is 11.2. The normalized spacial score (nSPS) is 10.7. The molecule has 1 heterocycles. The predicted octanol–water partition coefficient (Wildman–Crippen LogP) is 3.65. The Labute approximate surface area is 123 Å². The van der Waals surface area contributed by atoms with Gasteiger partial charge < -0.3 is 10.1 Å². The van der Waals surface area contributed by atoms with Crippen LogP contribution in [0.3, 0.4) is 0 Å². The molecule has 1 aromatic heterocycles. The van der Waals surface area contributed by atoms with Gasteiger partial charge >= 0.3 is 0 Å². The van der Waals surface area contributed by atoms with E-state index in [0.29, 0.717) is 23.5 Å². The number of nitrogens with zero attached hydrogens (tertiary/aromatic N) is 2. The lowest BCUT2D eigenvalue weighted by atomic mass is 10.2. The Balaban J connectivity index is 1.93. The number of nitrogens with one attached hydrogen (secondary N) is 1. The third-order valence-corrected chi connectivity index (χ3v) is 2.73. The fraction of sp³-hybridized carbons (Fsp3) is 0.200. The van der Waals surface area contributed by atoms with Crippen molar-refractivity contribution in [3.63, 3.8) is 0 Å². The first-order valence-corrected chi connectivity index (χ1v) is 6.78. The molecule has 0 saturated carbocycles. The summed E-state index contributed by atoms with van der Waals surface area (Å²) in [6.45, 7) is 3.12. The van der Waals surface area contributed by atoms with E-state index in [1.54, 1.807) is 0 Å². The van der Waals surface area contributed by atoms with Crippen LogP contribution in [0.2, 0.25) is 5.02 Å². The van der Waals surface area contributed by atoms with E-state index in [1.165, 1.54) is 6.20 Å². The summed E-state index contributed by atoms with van der Waals surface area (Å²) in [7, 11) is 0. The van der Waals surface area contributed by atoms with E-state index < -0.39 is 0 Å². The van der Waals surface area contributed by atoms with Crippen LogP contribution in [0.4, 0.5) is 5.95 Å². The van der Waals surface area contributed by atoms with Gasteiger partial charge in [0.1, 0.15) is 11.6 Å². The maximum absolute atomic E-state index is 5.99. The molecule has 2 rings (SSSR count). The Morgan fingerprint density at radius 1 is 1.30 bits per heavy atom. The molecule has 0 aliphatic heterocycles. The van der Waals surface area contributed by atoms with Gasteiger partial charge in [0.05, 0.1) is 6.20 Å². The summed E-state index contributed by atoms with van der Waals surface area (Å²) in [6, 6.07) is 10.0. The van der Waals surface area contributed by atoms with E-state index in [0.717, 1.165) is 12.1 Å². The summed E-state index contributed by atoms with van der Waals surface area (Å²) < 4.78 is 5.54. The van der Waals surface area contributed by atoms with Crippen molar-refractivity contribution in [2.45, 2.75) is 6.92 Å². The molecule has 0 unspecified atom stereocenters. The minimum atomic E-state index is 0.385. The standard InChI is InChI=1S/C15H16ClN3O/c1-2-17-15-18-11-13(16)14(19-15)20-10-6-9-12-7-4-3-5-8-12/h3-9,11H,2,10H2,1H3,(H,17,18,19)/b9-6+. The topological polar surface area (TPSA) is 47.0 Å². The van der Waals surface area contributed by atoms with Crippen molar-refractivity contribution in [3.8, 4) is 5.88 Å². The van der Waals surface area contributed by atoms with Crippen LogP contribution in [0, 0.1) is 0 Å². The van der Waals surface area contributed by atoms with Gasteiger partial charge in [0, 0.05) is 6.54 Å². The maximum atomic E-state index is 5.99. The largest absolute Gasteiger partial charge is 0.472 e. The summed E-state index contributed by atoms with van der Waals surface area (Å²) in [6.07, 6.45) is 5.43. The van der Waals surface area contributed by atoms with Gasteiger partial charge in [-0.25, -0.2) is 4.98 Å². The van der Waals surface area contributed by atoms with E-state index in [2.05, 4.69) is 15.3 Å². The van der Waals surface area contributed by atoms with Crippen LogP contribution in [-0.2, 0) is 0 Å². The predicted molar refractivity (Wildman–Crippen MR) is 82.2 cm³/mol. The number of halogens is 1. The number of aromatic nitrogens is 2. The molecule has 0 aliphatic carbocycles. The molecule has 2 aromatic rings. The van der Waals surface area contributed by atoms with Gasteiger partial charge in [-0.3, -0.25) is 0 Å². The molecular weight excluding hydrogens is 274 g/mol. The van der Waals surface area contributed by atoms with Crippen LogP contribution in [0.5, 0.6) is 5.88 Å². The minimum Gasteiger partial charge on any atom is -0.472 e. The number of hydrogen-bond acceptors (Lipinski definition) is 4. The molecule has 1 N–H and O–H groups in total. The van der Waals surface area contributed by atoms with Crippen molar-refractivity contribution in [3.05, 3.63) is 53.2 Å². The van der Waals surface area contributed by atoms with Gasteiger partial charge in [0.25, 0.3) is 0 Å². The zero-order valence-corrected chi connectivity index (χ0v) is 12.0. The molecule has 104 valence electrons. The first kappa shape index (κ1) is 14.3. The highest BCUT2D eigenvalue weighted by Gasteiger charge is 2.05. The van der Waals surface area contributed by atoms with E-state index in [4.69, 9.17) is 16.3 Å². The lowest BCUT2D eigenvalue weighted by molar-refractivity contribution is 0.349. The monoisotopic (exact) mass is 289 g/mol. The highest BCUT2D eigenvalue weighted by Crippen LogP contribution is 2.21. The Morgan fingerprint density at radius 2 is 2.10 bits per heavy atom. The smallest absolute Gasteiger partial charge is 0.237 e. The summed E-state index contributed by atoms with van der Waals surface area (Å²) >= 11 is 5.99. The number of ether oxygens (including phenoxy) is 1. The van der Waals surface area contributed by atoms with Crippen molar-refractivity contribution in [1.82, 2.24) is 9.97 Å². The molecule has 20 heavy (non-hydrogen) atoms. The quantitative estimate of drug-likeness (QED) is 0.882. The summed E-state index contributed by atoms with van der Waals surface area (Å²) in [4.78, 5) is 8.25. The molecule has 0 aliphatic rings. The van der Waals surface area contributed by atoms with Crippen molar-refractivity contribution < 1.29 is 4.74 Å². The Hall–Kier alpha value is -2.07. The number of benzene rings is 1. The number of hydrogen-bond donors (Lipinski definition) is 1. The Bertz CT molecular complexity index is 573. The lowest BCUT2D eigenvalue weighted by Crippen LogP contribution is -2.04. The molecule has 5 heteroatoms. The summed E-state index contributed by atoms with van der Waals surface area (Å²) in [5, 5.41) is 3.42. The van der Waals surface area contributed by atoms with Gasteiger partial charge in [-0.05, 0) is 18.6 Å². The van der Waals surface area contributed by atoms with Crippen molar-refractivity contribution >= 4 is 23.6 Å². The SMILES string of the molecule is CCNc1ncc(Cl)c(OC/C=C/c2ccccc2)n1. The van der Waals surface area contributed by atoms with Crippen LogP contribution in [-0.4, -0.2) is 23.1 Å². The third-order valence-electron chi connectivity index (χ3n) is 2.47. The highest BCUT2D eigenvalue weighted by molar-refractivity contribution is 6.31. The highest BCUT2D eigenvalue weighted by atomic mass is 35.5. The molecule has 0 fully saturated rings. The van der Waals surface area contributed by atoms with E-state index in [9.17, 15) is 0 Å². The van der Waals surface area contributed by atoms with Crippen molar-refractivity contribution in [2.24, 2.45) is 0 Å². The van der Waals surface area contributed by atoms with Crippen molar-refractivity contribution in [1.29, 1.82) is 0 Å². The second-order valence-electron chi connectivity index (χ2n) is 4.00. The van der Waals surface area contributed by atoms with Gasteiger partial charge in [0.15, 0.2) is 0 Å². The first-order valence-electron chi connectivity index (χ1n) is 6.40. The van der Waals surface area contributed by atoms with Gasteiger partial charge in [-0.2, -0.15) is 4.98 Å². The van der Waals surface area contributed by atoms with E-state index in [-0.39, 0.29) is 0 Å². The van der Waals surface area contributed by atoms with E-state index >= 15 is 0 Å². The second-order valence-corrected chi connectivity index (χ2v) is 4.41. The Morgan fingerprint density at radius 3 is 2.85 bits per heavy atom. The molecule has 0 atom stereocenters. The molecule has 4 nitrogen and oxygen atoms in total.